The van der Waals surface area contributed by atoms with Gasteiger partial charge in [-0.3, -0.25) is 0 Å². The van der Waals surface area contributed by atoms with Crippen LogP contribution in [0.4, 0.5) is 0 Å². The van der Waals surface area contributed by atoms with Crippen LogP contribution in [-0.4, -0.2) is 38.1 Å². The van der Waals surface area contributed by atoms with Crippen molar-refractivity contribution in [1.82, 2.24) is 10.2 Å². The Bertz CT molecular complexity index is 199. The van der Waals surface area contributed by atoms with Crippen molar-refractivity contribution in [1.29, 1.82) is 0 Å². The van der Waals surface area contributed by atoms with Crippen LogP contribution in [0.3, 0.4) is 0 Å². The highest BCUT2D eigenvalue weighted by molar-refractivity contribution is 4.73. The summed E-state index contributed by atoms with van der Waals surface area (Å²) in [5.74, 6) is 1.94. The zero-order valence-corrected chi connectivity index (χ0v) is 11.6. The molecule has 0 spiro atoms. The highest BCUT2D eigenvalue weighted by Crippen LogP contribution is 2.25. The van der Waals surface area contributed by atoms with Crippen LogP contribution in [0.25, 0.3) is 0 Å². The monoisotopic (exact) mass is 238 g/mol. The Kier molecular flexibility index (Phi) is 5.79. The zero-order chi connectivity index (χ0) is 11.9. The lowest BCUT2D eigenvalue weighted by Gasteiger charge is -2.30. The van der Waals surface area contributed by atoms with Crippen LogP contribution in [0.5, 0.6) is 0 Å². The fraction of sp³-hybridized carbons (Fsp3) is 1.00. The Labute approximate surface area is 107 Å². The van der Waals surface area contributed by atoms with E-state index in [4.69, 9.17) is 0 Å². The number of nitrogens with zero attached hydrogens (tertiary/aromatic N) is 1. The molecule has 100 valence electrons. The van der Waals surface area contributed by atoms with Gasteiger partial charge in [-0.1, -0.05) is 32.1 Å². The molecular formula is C15H30N2. The van der Waals surface area contributed by atoms with Crippen LogP contribution in [0.15, 0.2) is 0 Å². The summed E-state index contributed by atoms with van der Waals surface area (Å²) in [6.45, 7) is 5.11. The minimum absolute atomic E-state index is 0.903. The van der Waals surface area contributed by atoms with Crippen molar-refractivity contribution in [3.63, 3.8) is 0 Å². The van der Waals surface area contributed by atoms with Crippen LogP contribution in [0.2, 0.25) is 0 Å². The topological polar surface area (TPSA) is 15.3 Å². The van der Waals surface area contributed by atoms with E-state index in [9.17, 15) is 0 Å². The summed E-state index contributed by atoms with van der Waals surface area (Å²) >= 11 is 0. The van der Waals surface area contributed by atoms with Gasteiger partial charge >= 0.3 is 0 Å². The molecular weight excluding hydrogens is 208 g/mol. The molecule has 2 rings (SSSR count). The number of likely N-dealkylation sites (tertiary alicyclic amines) is 1. The predicted molar refractivity (Wildman–Crippen MR) is 74.3 cm³/mol. The molecule has 0 aromatic heterocycles. The molecule has 0 aromatic rings. The molecule has 2 aliphatic rings. The van der Waals surface area contributed by atoms with Crippen LogP contribution in [-0.2, 0) is 0 Å². The number of piperidine rings is 1. The van der Waals surface area contributed by atoms with E-state index < -0.39 is 0 Å². The first-order valence-electron chi connectivity index (χ1n) is 7.74. The van der Waals surface area contributed by atoms with Crippen molar-refractivity contribution < 1.29 is 0 Å². The first-order valence-corrected chi connectivity index (χ1v) is 7.74. The molecule has 1 atom stereocenters. The van der Waals surface area contributed by atoms with Gasteiger partial charge in [-0.2, -0.15) is 0 Å². The Balaban J connectivity index is 1.50. The number of rotatable bonds is 5. The average Bonchev–Trinajstić information content (AvgIpc) is 2.36. The lowest BCUT2D eigenvalue weighted by Crippen LogP contribution is -2.37. The molecule has 1 unspecified atom stereocenters. The second-order valence-corrected chi connectivity index (χ2v) is 6.27. The molecule has 0 radical (unpaired) electrons. The van der Waals surface area contributed by atoms with Gasteiger partial charge in [0.1, 0.15) is 0 Å². The Morgan fingerprint density at radius 1 is 1.00 bits per heavy atom. The Morgan fingerprint density at radius 2 is 1.76 bits per heavy atom. The van der Waals surface area contributed by atoms with Crippen molar-refractivity contribution in [2.24, 2.45) is 11.8 Å². The SMILES string of the molecule is CN1CCCC(CNCCC2CCCCC2)C1. The third-order valence-corrected chi connectivity index (χ3v) is 4.61. The van der Waals surface area contributed by atoms with Crippen molar-refractivity contribution in [3.8, 4) is 0 Å². The van der Waals surface area contributed by atoms with Gasteiger partial charge in [0, 0.05) is 6.54 Å². The van der Waals surface area contributed by atoms with Gasteiger partial charge in [0.05, 0.1) is 0 Å². The summed E-state index contributed by atoms with van der Waals surface area (Å²) in [5, 5.41) is 3.70. The fourth-order valence-corrected chi connectivity index (χ4v) is 3.53. The van der Waals surface area contributed by atoms with Gasteiger partial charge in [0.25, 0.3) is 0 Å². The molecule has 0 aromatic carbocycles. The fourth-order valence-electron chi connectivity index (χ4n) is 3.53. The van der Waals surface area contributed by atoms with Gasteiger partial charge in [-0.05, 0) is 57.8 Å². The number of hydrogen-bond donors (Lipinski definition) is 1. The largest absolute Gasteiger partial charge is 0.316 e. The highest BCUT2D eigenvalue weighted by Gasteiger charge is 2.17. The van der Waals surface area contributed by atoms with Gasteiger partial charge in [-0.25, -0.2) is 0 Å². The van der Waals surface area contributed by atoms with E-state index >= 15 is 0 Å². The van der Waals surface area contributed by atoms with E-state index in [2.05, 4.69) is 17.3 Å². The maximum absolute atomic E-state index is 3.70. The van der Waals surface area contributed by atoms with E-state index in [1.54, 1.807) is 0 Å². The van der Waals surface area contributed by atoms with Gasteiger partial charge in [0.2, 0.25) is 0 Å². The van der Waals surface area contributed by atoms with Crippen molar-refractivity contribution >= 4 is 0 Å². The van der Waals surface area contributed by atoms with E-state index in [0.717, 1.165) is 11.8 Å². The first-order chi connectivity index (χ1) is 8.34. The summed E-state index contributed by atoms with van der Waals surface area (Å²) in [4.78, 5) is 2.48. The minimum Gasteiger partial charge on any atom is -0.316 e. The molecule has 1 N–H and O–H groups in total. The Hall–Kier alpha value is -0.0800. The van der Waals surface area contributed by atoms with Crippen molar-refractivity contribution in [3.05, 3.63) is 0 Å². The van der Waals surface area contributed by atoms with E-state index in [-0.39, 0.29) is 0 Å². The first kappa shape index (κ1) is 13.4. The molecule has 1 saturated carbocycles. The van der Waals surface area contributed by atoms with Gasteiger partial charge in [-0.15, -0.1) is 0 Å². The summed E-state index contributed by atoms with van der Waals surface area (Å²) in [7, 11) is 2.26. The normalized spacial score (nSPS) is 28.4. The summed E-state index contributed by atoms with van der Waals surface area (Å²) < 4.78 is 0. The van der Waals surface area contributed by atoms with Crippen LogP contribution >= 0.6 is 0 Å². The van der Waals surface area contributed by atoms with Crippen LogP contribution in [0, 0.1) is 11.8 Å². The minimum atomic E-state index is 0.903. The molecule has 0 bridgehead atoms. The van der Waals surface area contributed by atoms with Crippen LogP contribution in [0.1, 0.15) is 51.4 Å². The molecule has 1 saturated heterocycles. The molecule has 2 heteroatoms. The lowest BCUT2D eigenvalue weighted by molar-refractivity contribution is 0.205. The smallest absolute Gasteiger partial charge is 0.00187 e. The second-order valence-electron chi connectivity index (χ2n) is 6.27. The third kappa shape index (κ3) is 4.97. The maximum Gasteiger partial charge on any atom is 0.00187 e. The molecule has 0 amide bonds. The third-order valence-electron chi connectivity index (χ3n) is 4.61. The van der Waals surface area contributed by atoms with E-state index in [1.807, 2.05) is 0 Å². The lowest BCUT2D eigenvalue weighted by atomic mass is 9.87. The van der Waals surface area contributed by atoms with E-state index in [1.165, 1.54) is 77.5 Å². The maximum atomic E-state index is 3.70. The summed E-state index contributed by atoms with van der Waals surface area (Å²) in [6.07, 6.45) is 11.7. The van der Waals surface area contributed by atoms with Crippen LogP contribution < -0.4 is 5.32 Å². The van der Waals surface area contributed by atoms with Gasteiger partial charge < -0.3 is 10.2 Å². The molecule has 17 heavy (non-hydrogen) atoms. The number of hydrogen-bond acceptors (Lipinski definition) is 2. The van der Waals surface area contributed by atoms with Gasteiger partial charge in [0.15, 0.2) is 0 Å². The molecule has 1 aliphatic carbocycles. The standard InChI is InChI=1S/C15H30N2/c1-17-11-5-8-15(13-17)12-16-10-9-14-6-3-2-4-7-14/h14-16H,2-13H2,1H3. The Morgan fingerprint density at radius 3 is 2.53 bits per heavy atom. The summed E-state index contributed by atoms with van der Waals surface area (Å²) in [5.41, 5.74) is 0. The summed E-state index contributed by atoms with van der Waals surface area (Å²) in [6, 6.07) is 0. The zero-order valence-electron chi connectivity index (χ0n) is 11.6. The molecule has 2 nitrogen and oxygen atoms in total. The van der Waals surface area contributed by atoms with Crippen molar-refractivity contribution in [2.45, 2.75) is 51.4 Å². The quantitative estimate of drug-likeness (QED) is 0.741. The number of nitrogens with one attached hydrogen (secondary N) is 1. The molecule has 1 aliphatic heterocycles. The molecule has 1 heterocycles. The second kappa shape index (κ2) is 7.38. The average molecular weight is 238 g/mol. The highest BCUT2D eigenvalue weighted by atomic mass is 15.1. The molecule has 2 fully saturated rings. The van der Waals surface area contributed by atoms with E-state index in [0.29, 0.717) is 0 Å². The van der Waals surface area contributed by atoms with Crippen molar-refractivity contribution in [2.75, 3.05) is 33.2 Å². The predicted octanol–water partition coefficient (Wildman–Crippen LogP) is 2.89.